The molecule has 0 radical (unpaired) electrons. The summed E-state index contributed by atoms with van der Waals surface area (Å²) in [6, 6.07) is 0. The van der Waals surface area contributed by atoms with Gasteiger partial charge in [0.1, 0.15) is 0 Å². The van der Waals surface area contributed by atoms with Gasteiger partial charge in [-0.25, -0.2) is 0 Å². The SMILES string of the molecule is C=C/C(C)=C\C(=C)C1CCCC1.CC. The molecule has 1 aliphatic rings. The Hall–Kier alpha value is -0.780. The van der Waals surface area contributed by atoms with Crippen molar-refractivity contribution in [1.82, 2.24) is 0 Å². The fourth-order valence-electron chi connectivity index (χ4n) is 1.77. The van der Waals surface area contributed by atoms with E-state index in [-0.39, 0.29) is 0 Å². The van der Waals surface area contributed by atoms with Crippen molar-refractivity contribution in [2.45, 2.75) is 46.5 Å². The average molecular weight is 192 g/mol. The van der Waals surface area contributed by atoms with Crippen LogP contribution in [0.2, 0.25) is 0 Å². The van der Waals surface area contributed by atoms with Crippen molar-refractivity contribution in [1.29, 1.82) is 0 Å². The quantitative estimate of drug-likeness (QED) is 0.558. The highest BCUT2D eigenvalue weighted by Gasteiger charge is 2.16. The van der Waals surface area contributed by atoms with Gasteiger partial charge in [0.15, 0.2) is 0 Å². The summed E-state index contributed by atoms with van der Waals surface area (Å²) in [5.74, 6) is 0.750. The molecule has 0 N–H and O–H groups in total. The summed E-state index contributed by atoms with van der Waals surface area (Å²) in [4.78, 5) is 0. The maximum absolute atomic E-state index is 4.10. The molecule has 0 aromatic carbocycles. The third-order valence-corrected chi connectivity index (χ3v) is 2.61. The van der Waals surface area contributed by atoms with Crippen molar-refractivity contribution in [3.8, 4) is 0 Å². The lowest BCUT2D eigenvalue weighted by Gasteiger charge is -2.08. The van der Waals surface area contributed by atoms with E-state index in [2.05, 4.69) is 26.2 Å². The van der Waals surface area contributed by atoms with Crippen molar-refractivity contribution < 1.29 is 0 Å². The minimum absolute atomic E-state index is 0.750. The number of hydrogen-bond acceptors (Lipinski definition) is 0. The second-order valence-electron chi connectivity index (χ2n) is 3.65. The normalized spacial score (nSPS) is 17.2. The van der Waals surface area contributed by atoms with E-state index in [1.807, 2.05) is 19.9 Å². The lowest BCUT2D eigenvalue weighted by atomic mass is 9.97. The van der Waals surface area contributed by atoms with Crippen LogP contribution in [0.25, 0.3) is 0 Å². The van der Waals surface area contributed by atoms with E-state index in [1.165, 1.54) is 36.8 Å². The minimum Gasteiger partial charge on any atom is -0.0988 e. The topological polar surface area (TPSA) is 0 Å². The second kappa shape index (κ2) is 7.61. The summed E-state index contributed by atoms with van der Waals surface area (Å²) >= 11 is 0. The summed E-state index contributed by atoms with van der Waals surface area (Å²) in [7, 11) is 0. The van der Waals surface area contributed by atoms with Crippen LogP contribution in [-0.2, 0) is 0 Å². The van der Waals surface area contributed by atoms with E-state index in [4.69, 9.17) is 0 Å². The second-order valence-corrected chi connectivity index (χ2v) is 3.65. The van der Waals surface area contributed by atoms with E-state index >= 15 is 0 Å². The Labute approximate surface area is 89.4 Å². The lowest BCUT2D eigenvalue weighted by molar-refractivity contribution is 0.659. The first-order valence-corrected chi connectivity index (χ1v) is 5.73. The Morgan fingerprint density at radius 3 is 2.14 bits per heavy atom. The molecule has 0 spiro atoms. The molecule has 0 bridgehead atoms. The molecule has 0 atom stereocenters. The molecule has 0 aliphatic heterocycles. The highest BCUT2D eigenvalue weighted by atomic mass is 14.2. The van der Waals surface area contributed by atoms with Gasteiger partial charge in [-0.3, -0.25) is 0 Å². The monoisotopic (exact) mass is 192 g/mol. The summed E-state index contributed by atoms with van der Waals surface area (Å²) in [5, 5.41) is 0. The zero-order valence-electron chi connectivity index (χ0n) is 9.97. The summed E-state index contributed by atoms with van der Waals surface area (Å²) in [6.07, 6.45) is 9.48. The van der Waals surface area contributed by atoms with Gasteiger partial charge in [-0.05, 0) is 25.7 Å². The predicted molar refractivity (Wildman–Crippen MR) is 66.4 cm³/mol. The maximum Gasteiger partial charge on any atom is -0.0168 e. The molecular weight excluding hydrogens is 168 g/mol. The van der Waals surface area contributed by atoms with Gasteiger partial charge in [0.25, 0.3) is 0 Å². The molecule has 0 heterocycles. The van der Waals surface area contributed by atoms with E-state index in [1.54, 1.807) is 0 Å². The van der Waals surface area contributed by atoms with Gasteiger partial charge in [0.2, 0.25) is 0 Å². The summed E-state index contributed by atoms with van der Waals surface area (Å²) < 4.78 is 0. The molecule has 1 rings (SSSR count). The van der Waals surface area contributed by atoms with Gasteiger partial charge in [-0.1, -0.05) is 63.1 Å². The van der Waals surface area contributed by atoms with E-state index in [0.717, 1.165) is 5.92 Å². The van der Waals surface area contributed by atoms with Crippen LogP contribution in [0.5, 0.6) is 0 Å². The fraction of sp³-hybridized carbons (Fsp3) is 0.571. The van der Waals surface area contributed by atoms with Crippen molar-refractivity contribution in [3.05, 3.63) is 36.5 Å². The zero-order valence-corrected chi connectivity index (χ0v) is 9.97. The zero-order chi connectivity index (χ0) is 11.0. The van der Waals surface area contributed by atoms with Crippen LogP contribution in [-0.4, -0.2) is 0 Å². The molecule has 1 fully saturated rings. The van der Waals surface area contributed by atoms with E-state index in [0.29, 0.717) is 0 Å². The smallest absolute Gasteiger partial charge is 0.0168 e. The highest BCUT2D eigenvalue weighted by Crippen LogP contribution is 2.31. The van der Waals surface area contributed by atoms with Crippen molar-refractivity contribution in [3.63, 3.8) is 0 Å². The van der Waals surface area contributed by atoms with Gasteiger partial charge in [0, 0.05) is 0 Å². The largest absolute Gasteiger partial charge is 0.0988 e. The molecule has 1 aliphatic carbocycles. The Kier molecular flexibility index (Phi) is 7.18. The predicted octanol–water partition coefficient (Wildman–Crippen LogP) is 4.89. The molecule has 80 valence electrons. The van der Waals surface area contributed by atoms with Crippen LogP contribution in [0.1, 0.15) is 46.5 Å². The highest BCUT2D eigenvalue weighted by molar-refractivity contribution is 5.27. The Balaban J connectivity index is 0.000000791. The molecule has 14 heavy (non-hydrogen) atoms. The van der Waals surface area contributed by atoms with Crippen LogP contribution in [0.4, 0.5) is 0 Å². The first-order valence-electron chi connectivity index (χ1n) is 5.73. The third-order valence-electron chi connectivity index (χ3n) is 2.61. The van der Waals surface area contributed by atoms with Crippen molar-refractivity contribution >= 4 is 0 Å². The van der Waals surface area contributed by atoms with Crippen molar-refractivity contribution in [2.75, 3.05) is 0 Å². The number of allylic oxidation sites excluding steroid dienone is 4. The van der Waals surface area contributed by atoms with Gasteiger partial charge >= 0.3 is 0 Å². The molecule has 0 heteroatoms. The van der Waals surface area contributed by atoms with Crippen LogP contribution in [0, 0.1) is 5.92 Å². The summed E-state index contributed by atoms with van der Waals surface area (Å²) in [6.45, 7) is 13.9. The Morgan fingerprint density at radius 1 is 1.21 bits per heavy atom. The number of rotatable bonds is 3. The van der Waals surface area contributed by atoms with E-state index < -0.39 is 0 Å². The van der Waals surface area contributed by atoms with E-state index in [9.17, 15) is 0 Å². The van der Waals surface area contributed by atoms with Crippen molar-refractivity contribution in [2.24, 2.45) is 5.92 Å². The summed E-state index contributed by atoms with van der Waals surface area (Å²) in [5.41, 5.74) is 2.52. The third kappa shape index (κ3) is 4.45. The standard InChI is InChI=1S/C12H18.C2H6/c1-4-10(2)9-11(3)12-7-5-6-8-12;1-2/h4,9,12H,1,3,5-8H2,2H3;1-2H3/b10-9-;. The lowest BCUT2D eigenvalue weighted by Crippen LogP contribution is -1.94. The van der Waals surface area contributed by atoms with Gasteiger partial charge in [-0.2, -0.15) is 0 Å². The van der Waals surface area contributed by atoms with Gasteiger partial charge < -0.3 is 0 Å². The molecule has 0 nitrogen and oxygen atoms in total. The maximum atomic E-state index is 4.10. The Bertz CT molecular complexity index is 202. The van der Waals surface area contributed by atoms with Gasteiger partial charge in [-0.15, -0.1) is 0 Å². The molecule has 1 saturated carbocycles. The molecular formula is C14H24. The molecule has 0 amide bonds. The average Bonchev–Trinajstić information content (AvgIpc) is 2.73. The first kappa shape index (κ1) is 13.2. The van der Waals surface area contributed by atoms with Crippen LogP contribution < -0.4 is 0 Å². The first-order chi connectivity index (χ1) is 6.74. The van der Waals surface area contributed by atoms with Crippen LogP contribution >= 0.6 is 0 Å². The molecule has 0 unspecified atom stereocenters. The minimum atomic E-state index is 0.750. The number of hydrogen-bond donors (Lipinski definition) is 0. The van der Waals surface area contributed by atoms with Gasteiger partial charge in [0.05, 0.1) is 0 Å². The fourth-order valence-corrected chi connectivity index (χ4v) is 1.77. The molecule has 0 aromatic heterocycles. The Morgan fingerprint density at radius 2 is 1.71 bits per heavy atom. The van der Waals surface area contributed by atoms with Crippen LogP contribution in [0.15, 0.2) is 36.5 Å². The molecule has 0 saturated heterocycles. The molecule has 0 aromatic rings. The van der Waals surface area contributed by atoms with Crippen LogP contribution in [0.3, 0.4) is 0 Å².